The fourth-order valence-electron chi connectivity index (χ4n) is 2.57. The highest BCUT2D eigenvalue weighted by Gasteiger charge is 2.49. The van der Waals surface area contributed by atoms with Crippen molar-refractivity contribution < 1.29 is 14.3 Å². The third-order valence-corrected chi connectivity index (χ3v) is 4.85. The average molecular weight is 326 g/mol. The molecule has 0 aromatic heterocycles. The fourth-order valence-corrected chi connectivity index (χ4v) is 2.95. The number of isocyanates is 1. The molecule has 0 radical (unpaired) electrons. The van der Waals surface area contributed by atoms with Gasteiger partial charge in [0.25, 0.3) is 0 Å². The SMILES string of the molecule is COc1c(C)c(Br)c(C)c(C2(N=C=O)CC2)c1OC. The first-order valence-electron chi connectivity index (χ1n) is 6.02. The molecule has 0 N–H and O–H groups in total. The molecule has 102 valence electrons. The number of rotatable bonds is 4. The second-order valence-corrected chi connectivity index (χ2v) is 5.53. The summed E-state index contributed by atoms with van der Waals surface area (Å²) in [4.78, 5) is 14.7. The monoisotopic (exact) mass is 325 g/mol. The van der Waals surface area contributed by atoms with Crippen LogP contribution in [0.4, 0.5) is 0 Å². The second kappa shape index (κ2) is 4.99. The van der Waals surface area contributed by atoms with Gasteiger partial charge in [0.1, 0.15) is 5.54 Å². The Labute approximate surface area is 120 Å². The Hall–Kier alpha value is -1.32. The van der Waals surface area contributed by atoms with E-state index in [1.165, 1.54) is 0 Å². The number of carbonyl (C=O) groups excluding carboxylic acids is 1. The van der Waals surface area contributed by atoms with Crippen molar-refractivity contribution in [3.8, 4) is 11.5 Å². The van der Waals surface area contributed by atoms with Gasteiger partial charge in [0, 0.05) is 15.6 Å². The second-order valence-electron chi connectivity index (χ2n) is 4.74. The van der Waals surface area contributed by atoms with Crippen molar-refractivity contribution in [2.75, 3.05) is 14.2 Å². The Bertz CT molecular complexity index is 573. The van der Waals surface area contributed by atoms with Gasteiger partial charge >= 0.3 is 0 Å². The quantitative estimate of drug-likeness (QED) is 0.629. The summed E-state index contributed by atoms with van der Waals surface area (Å²) in [6, 6.07) is 0. The summed E-state index contributed by atoms with van der Waals surface area (Å²) in [6.45, 7) is 3.96. The highest BCUT2D eigenvalue weighted by atomic mass is 79.9. The van der Waals surface area contributed by atoms with E-state index in [0.29, 0.717) is 11.5 Å². The summed E-state index contributed by atoms with van der Waals surface area (Å²) in [5.41, 5.74) is 2.45. The maximum absolute atomic E-state index is 10.7. The zero-order valence-corrected chi connectivity index (χ0v) is 13.1. The minimum Gasteiger partial charge on any atom is -0.493 e. The molecule has 1 aliphatic carbocycles. The van der Waals surface area contributed by atoms with Gasteiger partial charge in [-0.15, -0.1) is 0 Å². The van der Waals surface area contributed by atoms with E-state index in [2.05, 4.69) is 20.9 Å². The van der Waals surface area contributed by atoms with Crippen molar-refractivity contribution in [1.29, 1.82) is 0 Å². The Morgan fingerprint density at radius 1 is 1.16 bits per heavy atom. The summed E-state index contributed by atoms with van der Waals surface area (Å²) in [5.74, 6) is 1.35. The Kier molecular flexibility index (Phi) is 3.70. The largest absolute Gasteiger partial charge is 0.493 e. The highest BCUT2D eigenvalue weighted by molar-refractivity contribution is 9.10. The molecule has 0 heterocycles. The third-order valence-electron chi connectivity index (χ3n) is 3.66. The van der Waals surface area contributed by atoms with E-state index in [-0.39, 0.29) is 0 Å². The van der Waals surface area contributed by atoms with Crippen molar-refractivity contribution in [3.63, 3.8) is 0 Å². The van der Waals surface area contributed by atoms with Gasteiger partial charge in [0.15, 0.2) is 11.5 Å². The molecule has 0 saturated heterocycles. The Morgan fingerprint density at radius 3 is 2.16 bits per heavy atom. The minimum absolute atomic E-state index is 0.485. The summed E-state index contributed by atoms with van der Waals surface area (Å²) in [5, 5.41) is 0. The third kappa shape index (κ3) is 2.07. The predicted octanol–water partition coefficient (Wildman–Crippen LogP) is 3.41. The first-order valence-corrected chi connectivity index (χ1v) is 6.82. The first kappa shape index (κ1) is 14.1. The zero-order chi connectivity index (χ0) is 14.2. The topological polar surface area (TPSA) is 47.9 Å². The van der Waals surface area contributed by atoms with Gasteiger partial charge in [-0.25, -0.2) is 4.79 Å². The van der Waals surface area contributed by atoms with Crippen LogP contribution >= 0.6 is 15.9 Å². The average Bonchev–Trinajstić information content (AvgIpc) is 3.16. The lowest BCUT2D eigenvalue weighted by Gasteiger charge is -2.22. The zero-order valence-electron chi connectivity index (χ0n) is 11.5. The van der Waals surface area contributed by atoms with Crippen molar-refractivity contribution >= 4 is 22.0 Å². The van der Waals surface area contributed by atoms with Gasteiger partial charge < -0.3 is 9.47 Å². The van der Waals surface area contributed by atoms with Crippen LogP contribution in [0.1, 0.15) is 29.5 Å². The number of benzene rings is 1. The molecule has 0 atom stereocenters. The summed E-state index contributed by atoms with van der Waals surface area (Å²) < 4.78 is 11.9. The van der Waals surface area contributed by atoms with Gasteiger partial charge in [-0.05, 0) is 32.3 Å². The summed E-state index contributed by atoms with van der Waals surface area (Å²) >= 11 is 3.58. The molecule has 1 aromatic rings. The molecule has 0 unspecified atom stereocenters. The number of ether oxygens (including phenoxy) is 2. The van der Waals surface area contributed by atoms with E-state index in [4.69, 9.17) is 9.47 Å². The van der Waals surface area contributed by atoms with Gasteiger partial charge in [-0.2, -0.15) is 4.99 Å². The number of methoxy groups -OCH3 is 2. The van der Waals surface area contributed by atoms with Crippen LogP contribution in [0.5, 0.6) is 11.5 Å². The number of hydrogen-bond acceptors (Lipinski definition) is 4. The predicted molar refractivity (Wildman–Crippen MR) is 75.8 cm³/mol. The number of hydrogen-bond donors (Lipinski definition) is 0. The van der Waals surface area contributed by atoms with E-state index >= 15 is 0 Å². The molecule has 1 aliphatic rings. The Balaban J connectivity index is 2.79. The lowest BCUT2D eigenvalue weighted by atomic mass is 9.95. The maximum atomic E-state index is 10.7. The molecular weight excluding hydrogens is 310 g/mol. The van der Waals surface area contributed by atoms with Crippen molar-refractivity contribution in [2.45, 2.75) is 32.2 Å². The lowest BCUT2D eigenvalue weighted by Crippen LogP contribution is -2.10. The highest BCUT2D eigenvalue weighted by Crippen LogP contribution is 2.57. The Morgan fingerprint density at radius 2 is 1.74 bits per heavy atom. The van der Waals surface area contributed by atoms with Crippen LogP contribution in [0, 0.1) is 13.8 Å². The molecule has 4 nitrogen and oxygen atoms in total. The fraction of sp³-hybridized carbons (Fsp3) is 0.500. The molecule has 1 fully saturated rings. The summed E-state index contributed by atoms with van der Waals surface area (Å²) in [6.07, 6.45) is 3.35. The smallest absolute Gasteiger partial charge is 0.235 e. The van der Waals surface area contributed by atoms with Gasteiger partial charge in [-0.3, -0.25) is 0 Å². The van der Waals surface area contributed by atoms with Crippen LogP contribution in [0.2, 0.25) is 0 Å². The molecule has 0 bridgehead atoms. The minimum atomic E-state index is -0.485. The van der Waals surface area contributed by atoms with Gasteiger partial charge in [0.05, 0.1) is 14.2 Å². The van der Waals surface area contributed by atoms with Gasteiger partial charge in [0.2, 0.25) is 6.08 Å². The normalized spacial score (nSPS) is 15.6. The molecule has 0 aliphatic heterocycles. The van der Waals surface area contributed by atoms with Crippen molar-refractivity contribution in [2.24, 2.45) is 4.99 Å². The van der Waals surface area contributed by atoms with E-state index in [1.54, 1.807) is 20.3 Å². The molecular formula is C14H16BrNO3. The molecule has 2 rings (SSSR count). The van der Waals surface area contributed by atoms with Crippen LogP contribution in [0.25, 0.3) is 0 Å². The number of halogens is 1. The summed E-state index contributed by atoms with van der Waals surface area (Å²) in [7, 11) is 3.22. The standard InChI is InChI=1S/C14H16BrNO3/c1-8-10(14(5-6-14)16-7-17)13(19-4)12(18-3)9(2)11(8)15/h5-6H2,1-4H3. The molecule has 19 heavy (non-hydrogen) atoms. The van der Waals surface area contributed by atoms with E-state index in [0.717, 1.165) is 34.0 Å². The van der Waals surface area contributed by atoms with Crippen LogP contribution in [-0.4, -0.2) is 20.3 Å². The molecule has 0 spiro atoms. The lowest BCUT2D eigenvalue weighted by molar-refractivity contribution is 0.346. The molecule has 0 amide bonds. The van der Waals surface area contributed by atoms with Crippen LogP contribution in [-0.2, 0) is 10.3 Å². The van der Waals surface area contributed by atoms with Crippen LogP contribution in [0.3, 0.4) is 0 Å². The maximum Gasteiger partial charge on any atom is 0.235 e. The number of aliphatic imine (C=N–C) groups is 1. The van der Waals surface area contributed by atoms with E-state index < -0.39 is 5.54 Å². The first-order chi connectivity index (χ1) is 9.02. The van der Waals surface area contributed by atoms with Crippen LogP contribution in [0.15, 0.2) is 9.47 Å². The van der Waals surface area contributed by atoms with Crippen molar-refractivity contribution in [3.05, 3.63) is 21.2 Å². The molecule has 1 aromatic carbocycles. The van der Waals surface area contributed by atoms with Crippen LogP contribution < -0.4 is 9.47 Å². The van der Waals surface area contributed by atoms with Crippen molar-refractivity contribution in [1.82, 2.24) is 0 Å². The molecule has 1 saturated carbocycles. The van der Waals surface area contributed by atoms with Gasteiger partial charge in [-0.1, -0.05) is 15.9 Å². The van der Waals surface area contributed by atoms with E-state index in [1.807, 2.05) is 13.8 Å². The number of nitrogens with zero attached hydrogens (tertiary/aromatic N) is 1. The van der Waals surface area contributed by atoms with E-state index in [9.17, 15) is 4.79 Å². The molecule has 5 heteroatoms.